The van der Waals surface area contributed by atoms with E-state index in [1.54, 1.807) is 4.90 Å². The second-order valence-electron chi connectivity index (χ2n) is 15.5. The number of amides is 3. The van der Waals surface area contributed by atoms with Gasteiger partial charge in [-0.15, -0.1) is 0 Å². The monoisotopic (exact) mass is 771 g/mol. The summed E-state index contributed by atoms with van der Waals surface area (Å²) in [6.07, 6.45) is 2.95. The summed E-state index contributed by atoms with van der Waals surface area (Å²) in [7, 11) is 1.03. The van der Waals surface area contributed by atoms with Crippen LogP contribution in [0, 0.1) is 0 Å². The SMILES string of the molecule is COC(=O)c1cc(/C=C(\NC(C)=O)C(=O)N[C@H]2CCCCN(Cc3ccc(-c4ccccc4)cc3)C2=O)ccc1C(F)(C(=O)OC(C)(C)C)C(=O)OC(C)(C)C. The van der Waals surface area contributed by atoms with Crippen molar-refractivity contribution in [2.24, 2.45) is 0 Å². The molecule has 1 aliphatic rings. The summed E-state index contributed by atoms with van der Waals surface area (Å²) in [5, 5.41) is 5.21. The highest BCUT2D eigenvalue weighted by Gasteiger charge is 2.55. The summed E-state index contributed by atoms with van der Waals surface area (Å²) in [5.74, 6) is -6.03. The summed E-state index contributed by atoms with van der Waals surface area (Å²) in [6.45, 7) is 10.9. The van der Waals surface area contributed by atoms with Crippen LogP contribution in [0.1, 0.15) is 94.8 Å². The van der Waals surface area contributed by atoms with E-state index in [2.05, 4.69) is 10.6 Å². The number of esters is 3. The molecule has 12 nitrogen and oxygen atoms in total. The van der Waals surface area contributed by atoms with Gasteiger partial charge in [0.2, 0.25) is 11.8 Å². The number of carbonyl (C=O) groups excluding carboxylic acids is 6. The quantitative estimate of drug-likeness (QED) is 0.101. The summed E-state index contributed by atoms with van der Waals surface area (Å²) in [6, 6.07) is 20.3. The van der Waals surface area contributed by atoms with Crippen molar-refractivity contribution in [1.82, 2.24) is 15.5 Å². The summed E-state index contributed by atoms with van der Waals surface area (Å²) in [4.78, 5) is 81.4. The molecular formula is C43H50FN3O9. The molecule has 0 radical (unpaired) electrons. The largest absolute Gasteiger partial charge is 0.465 e. The molecule has 298 valence electrons. The van der Waals surface area contributed by atoms with E-state index >= 15 is 4.39 Å². The number of nitrogens with zero attached hydrogens (tertiary/aromatic N) is 1. The molecule has 0 aromatic heterocycles. The van der Waals surface area contributed by atoms with E-state index in [4.69, 9.17) is 14.2 Å². The Labute approximate surface area is 326 Å². The van der Waals surface area contributed by atoms with Crippen molar-refractivity contribution in [3.05, 3.63) is 101 Å². The highest BCUT2D eigenvalue weighted by atomic mass is 19.1. The predicted octanol–water partition coefficient (Wildman–Crippen LogP) is 6.16. The lowest BCUT2D eigenvalue weighted by Gasteiger charge is -2.30. The minimum Gasteiger partial charge on any atom is -0.465 e. The number of hydrogen-bond acceptors (Lipinski definition) is 9. The number of hydrogen-bond donors (Lipinski definition) is 2. The maximum Gasteiger partial charge on any atom is 0.361 e. The third-order valence-corrected chi connectivity index (χ3v) is 8.57. The van der Waals surface area contributed by atoms with E-state index in [1.807, 2.05) is 54.6 Å². The van der Waals surface area contributed by atoms with Gasteiger partial charge in [0.15, 0.2) is 0 Å². The van der Waals surface area contributed by atoms with Gasteiger partial charge in [-0.05, 0) is 95.2 Å². The second-order valence-corrected chi connectivity index (χ2v) is 15.5. The molecule has 0 spiro atoms. The molecule has 1 fully saturated rings. The first kappa shape index (κ1) is 42.9. The van der Waals surface area contributed by atoms with Gasteiger partial charge in [-0.1, -0.05) is 66.7 Å². The number of nitrogens with one attached hydrogen (secondary N) is 2. The smallest absolute Gasteiger partial charge is 0.361 e. The number of alkyl halides is 1. The standard InChI is InChI=1S/C43H50FN3O9/c1-27(48)45-35(36(49)46-34-16-12-13-23-47(37(34)50)26-28-17-20-31(21-18-28)30-14-10-9-11-15-30)25-29-19-22-33(32(24-29)38(51)54-8)43(44,39(52)55-41(2,3)4)40(53)56-42(5,6)7/h9-11,14-15,17-22,24-25,34H,12-13,16,23,26H2,1-8H3,(H,45,48)(H,46,49)/b35-25-/t34-/m0/s1. The topological polar surface area (TPSA) is 157 Å². The Morgan fingerprint density at radius 1 is 0.839 bits per heavy atom. The first-order chi connectivity index (χ1) is 26.2. The molecule has 56 heavy (non-hydrogen) atoms. The van der Waals surface area contributed by atoms with E-state index in [1.165, 1.54) is 60.6 Å². The Balaban J connectivity index is 1.65. The lowest BCUT2D eigenvalue weighted by atomic mass is 9.89. The molecule has 1 atom stereocenters. The predicted molar refractivity (Wildman–Crippen MR) is 207 cm³/mol. The molecule has 1 saturated heterocycles. The number of carbonyl (C=O) groups is 6. The van der Waals surface area contributed by atoms with Gasteiger partial charge >= 0.3 is 23.6 Å². The van der Waals surface area contributed by atoms with Crippen molar-refractivity contribution in [2.45, 2.75) is 97.2 Å². The summed E-state index contributed by atoms with van der Waals surface area (Å²) in [5.41, 5.74) is -4.49. The van der Waals surface area contributed by atoms with Gasteiger partial charge in [0, 0.05) is 25.6 Å². The number of benzene rings is 3. The zero-order valence-corrected chi connectivity index (χ0v) is 33.1. The number of ether oxygens (including phenoxy) is 3. The average molecular weight is 772 g/mol. The van der Waals surface area contributed by atoms with Crippen LogP contribution < -0.4 is 10.6 Å². The van der Waals surface area contributed by atoms with Gasteiger partial charge in [-0.2, -0.15) is 0 Å². The molecule has 0 saturated carbocycles. The lowest BCUT2D eigenvalue weighted by Crippen LogP contribution is -2.48. The van der Waals surface area contributed by atoms with Crippen molar-refractivity contribution in [2.75, 3.05) is 13.7 Å². The lowest BCUT2D eigenvalue weighted by molar-refractivity contribution is -0.188. The number of methoxy groups -OCH3 is 1. The minimum absolute atomic E-state index is 0.0801. The van der Waals surface area contributed by atoms with E-state index in [9.17, 15) is 28.8 Å². The number of halogens is 1. The van der Waals surface area contributed by atoms with E-state index < -0.39 is 63.8 Å². The average Bonchev–Trinajstić information content (AvgIpc) is 3.29. The highest BCUT2D eigenvalue weighted by molar-refractivity contribution is 6.08. The number of likely N-dealkylation sites (tertiary alicyclic amines) is 1. The maximum absolute atomic E-state index is 17.1. The van der Waals surface area contributed by atoms with Gasteiger partial charge in [0.1, 0.15) is 22.9 Å². The molecular weight excluding hydrogens is 721 g/mol. The maximum atomic E-state index is 17.1. The summed E-state index contributed by atoms with van der Waals surface area (Å²) < 4.78 is 32.5. The number of rotatable bonds is 11. The zero-order valence-electron chi connectivity index (χ0n) is 33.1. The molecule has 0 aliphatic carbocycles. The molecule has 4 rings (SSSR count). The Kier molecular flexibility index (Phi) is 13.6. The van der Waals surface area contributed by atoms with Crippen LogP contribution >= 0.6 is 0 Å². The molecule has 3 aromatic carbocycles. The Bertz CT molecular complexity index is 1950. The van der Waals surface area contributed by atoms with Crippen molar-refractivity contribution in [3.63, 3.8) is 0 Å². The molecule has 3 amide bonds. The molecule has 0 bridgehead atoms. The molecule has 1 aliphatic heterocycles. The van der Waals surface area contributed by atoms with Crippen molar-refractivity contribution < 1.29 is 47.4 Å². The molecule has 1 heterocycles. The van der Waals surface area contributed by atoms with Crippen LogP contribution in [0.3, 0.4) is 0 Å². The fourth-order valence-electron chi connectivity index (χ4n) is 6.03. The van der Waals surface area contributed by atoms with Crippen LogP contribution in [0.15, 0.2) is 78.5 Å². The second kappa shape index (κ2) is 17.7. The van der Waals surface area contributed by atoms with Gasteiger partial charge in [-0.25, -0.2) is 18.8 Å². The summed E-state index contributed by atoms with van der Waals surface area (Å²) >= 11 is 0. The Morgan fingerprint density at radius 2 is 1.43 bits per heavy atom. The third kappa shape index (κ3) is 11.1. The van der Waals surface area contributed by atoms with Crippen LogP contribution in [0.25, 0.3) is 17.2 Å². The van der Waals surface area contributed by atoms with E-state index in [-0.39, 0.29) is 17.2 Å². The molecule has 13 heteroatoms. The van der Waals surface area contributed by atoms with Crippen LogP contribution in [0.2, 0.25) is 0 Å². The van der Waals surface area contributed by atoms with Crippen LogP contribution in [0.4, 0.5) is 4.39 Å². The first-order valence-electron chi connectivity index (χ1n) is 18.3. The Hall–Kier alpha value is -5.85. The van der Waals surface area contributed by atoms with Gasteiger partial charge < -0.3 is 29.7 Å². The van der Waals surface area contributed by atoms with Crippen molar-refractivity contribution in [3.8, 4) is 11.1 Å². The van der Waals surface area contributed by atoms with Crippen LogP contribution in [-0.2, 0) is 50.4 Å². The zero-order chi connectivity index (χ0) is 41.4. The molecule has 3 aromatic rings. The fraction of sp³-hybridized carbons (Fsp3) is 0.395. The minimum atomic E-state index is -3.61. The van der Waals surface area contributed by atoms with Crippen molar-refractivity contribution >= 4 is 41.7 Å². The third-order valence-electron chi connectivity index (χ3n) is 8.57. The molecule has 2 N–H and O–H groups in total. The van der Waals surface area contributed by atoms with E-state index in [0.29, 0.717) is 25.9 Å². The van der Waals surface area contributed by atoms with Gasteiger partial charge in [0.25, 0.3) is 5.91 Å². The van der Waals surface area contributed by atoms with Crippen molar-refractivity contribution in [1.29, 1.82) is 0 Å². The van der Waals surface area contributed by atoms with Crippen LogP contribution in [-0.4, -0.2) is 71.4 Å². The van der Waals surface area contributed by atoms with E-state index in [0.717, 1.165) is 42.4 Å². The Morgan fingerprint density at radius 3 is 1.98 bits per heavy atom. The normalized spacial score (nSPS) is 15.3. The first-order valence-corrected chi connectivity index (χ1v) is 18.3. The van der Waals surface area contributed by atoms with Crippen LogP contribution in [0.5, 0.6) is 0 Å². The molecule has 0 unspecified atom stereocenters. The van der Waals surface area contributed by atoms with Gasteiger partial charge in [0.05, 0.1) is 12.7 Å². The highest BCUT2D eigenvalue weighted by Crippen LogP contribution is 2.36. The fourth-order valence-corrected chi connectivity index (χ4v) is 6.03. The van der Waals surface area contributed by atoms with Gasteiger partial charge in [-0.3, -0.25) is 14.4 Å².